The molecule has 9 nitrogen and oxygen atoms in total. The summed E-state index contributed by atoms with van der Waals surface area (Å²) in [5, 5.41) is 0. The van der Waals surface area contributed by atoms with Crippen LogP contribution in [0.4, 0.5) is 0 Å². The van der Waals surface area contributed by atoms with E-state index in [0.717, 1.165) is 32.1 Å². The van der Waals surface area contributed by atoms with Gasteiger partial charge < -0.3 is 20.1 Å². The van der Waals surface area contributed by atoms with Crippen molar-refractivity contribution in [1.82, 2.24) is 0 Å². The van der Waals surface area contributed by atoms with Crippen LogP contribution in [0.25, 0.3) is 0 Å². The van der Waals surface area contributed by atoms with E-state index in [9.17, 15) is 19.0 Å². The average molecular weight is 622 g/mol. The molecule has 0 aliphatic rings. The van der Waals surface area contributed by atoms with Gasteiger partial charge in [-0.15, -0.1) is 0 Å². The van der Waals surface area contributed by atoms with E-state index in [4.69, 9.17) is 24.3 Å². The summed E-state index contributed by atoms with van der Waals surface area (Å²) < 4.78 is 32.5. The molecule has 0 bridgehead atoms. The normalized spacial score (nSPS) is 13.5. The van der Waals surface area contributed by atoms with Crippen molar-refractivity contribution in [1.29, 1.82) is 0 Å². The van der Waals surface area contributed by atoms with E-state index in [0.29, 0.717) is 6.42 Å². The van der Waals surface area contributed by atoms with E-state index in [1.165, 1.54) is 96.3 Å². The van der Waals surface area contributed by atoms with Crippen LogP contribution in [-0.2, 0) is 32.7 Å². The Bertz CT molecular complexity index is 679. The molecule has 0 aliphatic carbocycles. The van der Waals surface area contributed by atoms with Crippen LogP contribution in [0, 0.1) is 0 Å². The van der Waals surface area contributed by atoms with E-state index in [2.05, 4.69) is 13.8 Å². The van der Waals surface area contributed by atoms with Crippen molar-refractivity contribution in [2.45, 2.75) is 168 Å². The van der Waals surface area contributed by atoms with Crippen LogP contribution in [-0.4, -0.2) is 49.3 Å². The molecule has 0 rings (SSSR count). The largest absolute Gasteiger partial charge is 0.472 e. The Morgan fingerprint density at radius 1 is 0.619 bits per heavy atom. The minimum absolute atomic E-state index is 0.0574. The van der Waals surface area contributed by atoms with Gasteiger partial charge in [-0.25, -0.2) is 4.57 Å². The van der Waals surface area contributed by atoms with E-state index in [1.54, 1.807) is 0 Å². The highest BCUT2D eigenvalue weighted by molar-refractivity contribution is 7.47. The van der Waals surface area contributed by atoms with Crippen molar-refractivity contribution in [3.63, 3.8) is 0 Å². The fraction of sp³-hybridized carbons (Fsp3) is 0.938. The number of carbonyl (C=O) groups excluding carboxylic acids is 2. The molecule has 1 unspecified atom stereocenters. The molecule has 42 heavy (non-hydrogen) atoms. The van der Waals surface area contributed by atoms with Gasteiger partial charge in [-0.1, -0.05) is 136 Å². The third-order valence-electron chi connectivity index (χ3n) is 7.24. The Kier molecular flexibility index (Phi) is 29.3. The lowest BCUT2D eigenvalue weighted by Gasteiger charge is -2.19. The molecule has 0 aromatic carbocycles. The minimum Gasteiger partial charge on any atom is -0.462 e. The molecule has 2 atom stereocenters. The number of carbonyl (C=O) groups is 2. The third-order valence-corrected chi connectivity index (χ3v) is 8.23. The Balaban J connectivity index is 4.26. The summed E-state index contributed by atoms with van der Waals surface area (Å²) in [4.78, 5) is 34.5. The number of ether oxygens (including phenoxy) is 2. The molecule has 0 fully saturated rings. The Hall–Kier alpha value is -0.990. The molecule has 0 heterocycles. The molecule has 0 saturated carbocycles. The Morgan fingerprint density at radius 3 is 1.45 bits per heavy atom. The van der Waals surface area contributed by atoms with Crippen LogP contribution in [0.2, 0.25) is 0 Å². The maximum absolute atomic E-state index is 12.4. The summed E-state index contributed by atoms with van der Waals surface area (Å²) in [5.74, 6) is -0.826. The Morgan fingerprint density at radius 2 is 1.02 bits per heavy atom. The SMILES string of the molecule is CCCCCCCCCCCCCCC(=O)O[C@H](COC(=O)CCCCCCCCCCC)COP(=O)(O)OCCN. The standard InChI is InChI=1S/C32H64NO8P/c1-3-5-7-9-11-13-14-15-17-19-21-23-25-32(35)41-30(29-40-42(36,37)39-27-26-33)28-38-31(34)24-22-20-18-16-12-10-8-6-4-2/h30H,3-29,33H2,1-2H3,(H,36,37)/t30-/m1/s1. The lowest BCUT2D eigenvalue weighted by Crippen LogP contribution is -2.29. The Labute approximate surface area is 257 Å². The average Bonchev–Trinajstić information content (AvgIpc) is 2.97. The molecule has 3 N–H and O–H groups in total. The first-order chi connectivity index (χ1) is 20.3. The monoisotopic (exact) mass is 621 g/mol. The highest BCUT2D eigenvalue weighted by Gasteiger charge is 2.25. The van der Waals surface area contributed by atoms with Gasteiger partial charge >= 0.3 is 19.8 Å². The molecule has 0 spiro atoms. The van der Waals surface area contributed by atoms with Crippen molar-refractivity contribution in [3.8, 4) is 0 Å². The maximum Gasteiger partial charge on any atom is 0.472 e. The van der Waals surface area contributed by atoms with Gasteiger partial charge in [0.25, 0.3) is 0 Å². The predicted octanol–water partition coefficient (Wildman–Crippen LogP) is 8.55. The molecule has 0 aromatic rings. The van der Waals surface area contributed by atoms with Gasteiger partial charge in [0, 0.05) is 19.4 Å². The van der Waals surface area contributed by atoms with Crippen molar-refractivity contribution < 1.29 is 37.6 Å². The summed E-state index contributed by atoms with van der Waals surface area (Å²) in [6, 6.07) is 0. The van der Waals surface area contributed by atoms with E-state index < -0.39 is 26.5 Å². The number of esters is 2. The van der Waals surface area contributed by atoms with Crippen molar-refractivity contribution >= 4 is 19.8 Å². The molecule has 250 valence electrons. The van der Waals surface area contributed by atoms with Gasteiger partial charge in [0.1, 0.15) is 6.61 Å². The number of hydrogen-bond donors (Lipinski definition) is 2. The smallest absolute Gasteiger partial charge is 0.462 e. The number of nitrogens with two attached hydrogens (primary N) is 1. The van der Waals surface area contributed by atoms with Crippen molar-refractivity contribution in [2.24, 2.45) is 5.73 Å². The summed E-state index contributed by atoms with van der Waals surface area (Å²) in [5.41, 5.74) is 5.31. The van der Waals surface area contributed by atoms with Crippen LogP contribution < -0.4 is 5.73 Å². The van der Waals surface area contributed by atoms with Crippen LogP contribution in [0.5, 0.6) is 0 Å². The first-order valence-electron chi connectivity index (χ1n) is 17.0. The van der Waals surface area contributed by atoms with Crippen molar-refractivity contribution in [2.75, 3.05) is 26.4 Å². The summed E-state index contributed by atoms with van der Waals surface area (Å²) in [6.45, 7) is 3.69. The zero-order valence-electron chi connectivity index (χ0n) is 27.0. The summed E-state index contributed by atoms with van der Waals surface area (Å²) in [6.07, 6.45) is 24.2. The zero-order valence-corrected chi connectivity index (χ0v) is 27.9. The second-order valence-corrected chi connectivity index (χ2v) is 12.9. The van der Waals surface area contributed by atoms with Gasteiger partial charge in [-0.2, -0.15) is 0 Å². The lowest BCUT2D eigenvalue weighted by atomic mass is 10.0. The second kappa shape index (κ2) is 30.1. The van der Waals surface area contributed by atoms with Gasteiger partial charge in [-0.3, -0.25) is 18.6 Å². The molecule has 10 heteroatoms. The first kappa shape index (κ1) is 41.0. The second-order valence-electron chi connectivity index (χ2n) is 11.4. The number of phosphoric ester groups is 1. The first-order valence-corrected chi connectivity index (χ1v) is 18.5. The number of unbranched alkanes of at least 4 members (excludes halogenated alkanes) is 19. The van der Waals surface area contributed by atoms with Crippen molar-refractivity contribution in [3.05, 3.63) is 0 Å². The minimum atomic E-state index is -4.35. The predicted molar refractivity (Wildman–Crippen MR) is 169 cm³/mol. The highest BCUT2D eigenvalue weighted by atomic mass is 31.2. The van der Waals surface area contributed by atoms with Gasteiger partial charge in [-0.05, 0) is 12.8 Å². The topological polar surface area (TPSA) is 134 Å². The maximum atomic E-state index is 12.4. The summed E-state index contributed by atoms with van der Waals surface area (Å²) >= 11 is 0. The van der Waals surface area contributed by atoms with E-state index >= 15 is 0 Å². The van der Waals surface area contributed by atoms with E-state index in [-0.39, 0.29) is 38.6 Å². The molecular formula is C32H64NO8P. The van der Waals surface area contributed by atoms with Crippen LogP contribution in [0.1, 0.15) is 162 Å². The molecule has 0 aromatic heterocycles. The molecule has 0 amide bonds. The summed E-state index contributed by atoms with van der Waals surface area (Å²) in [7, 11) is -4.35. The van der Waals surface area contributed by atoms with E-state index in [1.807, 2.05) is 0 Å². The molecule has 0 saturated heterocycles. The van der Waals surface area contributed by atoms with Gasteiger partial charge in [0.2, 0.25) is 0 Å². The quantitative estimate of drug-likeness (QED) is 0.0430. The van der Waals surface area contributed by atoms with Gasteiger partial charge in [0.05, 0.1) is 13.2 Å². The molecular weight excluding hydrogens is 557 g/mol. The third kappa shape index (κ3) is 29.1. The molecule has 0 radical (unpaired) electrons. The number of hydrogen-bond acceptors (Lipinski definition) is 8. The lowest BCUT2D eigenvalue weighted by molar-refractivity contribution is -0.161. The fourth-order valence-corrected chi connectivity index (χ4v) is 5.46. The number of rotatable bonds is 32. The van der Waals surface area contributed by atoms with Crippen LogP contribution >= 0.6 is 7.82 Å². The number of phosphoric acid groups is 1. The van der Waals surface area contributed by atoms with Gasteiger partial charge in [0.15, 0.2) is 6.10 Å². The molecule has 0 aliphatic heterocycles. The fourth-order valence-electron chi connectivity index (χ4n) is 4.69. The zero-order chi connectivity index (χ0) is 31.2. The van der Waals surface area contributed by atoms with Crippen LogP contribution in [0.15, 0.2) is 0 Å². The van der Waals surface area contributed by atoms with Crippen LogP contribution in [0.3, 0.4) is 0 Å². The highest BCUT2D eigenvalue weighted by Crippen LogP contribution is 2.43.